The maximum Gasteiger partial charge on any atom is 0.0709 e. The van der Waals surface area contributed by atoms with E-state index in [2.05, 4.69) is 46.1 Å². The van der Waals surface area contributed by atoms with E-state index in [0.29, 0.717) is 6.04 Å². The maximum atomic E-state index is 5.99. The van der Waals surface area contributed by atoms with Crippen molar-refractivity contribution in [2.24, 2.45) is 0 Å². The highest BCUT2D eigenvalue weighted by atomic mass is 35.5. The molecule has 124 valence electrons. The van der Waals surface area contributed by atoms with Crippen LogP contribution in [0.15, 0.2) is 54.9 Å². The van der Waals surface area contributed by atoms with Crippen LogP contribution in [0.2, 0.25) is 5.02 Å². The van der Waals surface area contributed by atoms with Gasteiger partial charge in [0.1, 0.15) is 0 Å². The smallest absolute Gasteiger partial charge is 0.0709 e. The van der Waals surface area contributed by atoms with E-state index in [1.165, 1.54) is 16.8 Å². The van der Waals surface area contributed by atoms with Gasteiger partial charge in [-0.25, -0.2) is 4.52 Å². The summed E-state index contributed by atoms with van der Waals surface area (Å²) < 4.78 is 1.95. The zero-order valence-corrected chi connectivity index (χ0v) is 14.5. The normalized spacial score (nSPS) is 17.3. The van der Waals surface area contributed by atoms with Crippen molar-refractivity contribution in [3.05, 3.63) is 65.4 Å². The van der Waals surface area contributed by atoms with E-state index in [4.69, 9.17) is 11.6 Å². The van der Waals surface area contributed by atoms with Gasteiger partial charge in [0, 0.05) is 54.7 Å². The number of piperazine rings is 1. The lowest BCUT2D eigenvalue weighted by Crippen LogP contribution is -2.47. The zero-order chi connectivity index (χ0) is 16.5. The first kappa shape index (κ1) is 15.5. The molecule has 1 aromatic carbocycles. The number of nitrogens with zero attached hydrogens (tertiary/aromatic N) is 4. The Balaban J connectivity index is 1.46. The molecule has 5 heteroatoms. The van der Waals surface area contributed by atoms with Gasteiger partial charge in [-0.2, -0.15) is 5.10 Å². The van der Waals surface area contributed by atoms with Crippen molar-refractivity contribution in [3.63, 3.8) is 0 Å². The molecule has 1 fully saturated rings. The molecule has 0 amide bonds. The molecule has 1 atom stereocenters. The first-order chi connectivity index (χ1) is 11.7. The van der Waals surface area contributed by atoms with Crippen LogP contribution in [0, 0.1) is 0 Å². The van der Waals surface area contributed by atoms with Crippen LogP contribution in [-0.4, -0.2) is 40.7 Å². The second kappa shape index (κ2) is 6.46. The number of pyridine rings is 1. The van der Waals surface area contributed by atoms with Crippen molar-refractivity contribution in [3.8, 4) is 0 Å². The third-order valence-corrected chi connectivity index (χ3v) is 5.21. The molecule has 1 aliphatic heterocycles. The number of hydrogen-bond acceptors (Lipinski definition) is 3. The molecule has 0 bridgehead atoms. The Morgan fingerprint density at radius 2 is 1.75 bits per heavy atom. The fraction of sp³-hybridized carbons (Fsp3) is 0.316. The van der Waals surface area contributed by atoms with E-state index in [1.807, 2.05) is 35.1 Å². The second-order valence-corrected chi connectivity index (χ2v) is 6.74. The van der Waals surface area contributed by atoms with E-state index in [9.17, 15) is 0 Å². The number of fused-ring (bicyclic) bond motifs is 1. The molecule has 4 nitrogen and oxygen atoms in total. The molecule has 1 aliphatic rings. The number of halogens is 1. The van der Waals surface area contributed by atoms with Crippen LogP contribution in [-0.2, 0) is 0 Å². The molecule has 0 radical (unpaired) electrons. The van der Waals surface area contributed by atoms with Crippen LogP contribution in [0.4, 0.5) is 5.69 Å². The standard InChI is InChI=1S/C19H21ClN4/c1-15(18-14-21-24-9-3-2-4-19(18)24)22-10-12-23(13-11-22)17-7-5-16(20)6-8-17/h2-9,14-15H,10-13H2,1H3. The zero-order valence-electron chi connectivity index (χ0n) is 13.8. The van der Waals surface area contributed by atoms with Gasteiger partial charge in [-0.05, 0) is 43.3 Å². The van der Waals surface area contributed by atoms with Gasteiger partial charge in [0.25, 0.3) is 0 Å². The van der Waals surface area contributed by atoms with Crippen molar-refractivity contribution < 1.29 is 0 Å². The highest BCUT2D eigenvalue weighted by Gasteiger charge is 2.24. The van der Waals surface area contributed by atoms with E-state index in [1.54, 1.807) is 0 Å². The van der Waals surface area contributed by atoms with Gasteiger partial charge in [-0.1, -0.05) is 17.7 Å². The molecule has 0 saturated carbocycles. The van der Waals surface area contributed by atoms with Gasteiger partial charge in [-0.15, -0.1) is 0 Å². The predicted molar refractivity (Wildman–Crippen MR) is 98.8 cm³/mol. The number of rotatable bonds is 3. The lowest BCUT2D eigenvalue weighted by atomic mass is 10.1. The van der Waals surface area contributed by atoms with Gasteiger partial charge in [0.2, 0.25) is 0 Å². The number of hydrogen-bond donors (Lipinski definition) is 0. The van der Waals surface area contributed by atoms with E-state index >= 15 is 0 Å². The van der Waals surface area contributed by atoms with Crippen LogP contribution in [0.25, 0.3) is 5.52 Å². The first-order valence-corrected chi connectivity index (χ1v) is 8.77. The van der Waals surface area contributed by atoms with Crippen LogP contribution >= 0.6 is 11.6 Å². The Hall–Kier alpha value is -2.04. The Morgan fingerprint density at radius 1 is 1.00 bits per heavy atom. The Morgan fingerprint density at radius 3 is 2.50 bits per heavy atom. The number of benzene rings is 1. The van der Waals surface area contributed by atoms with E-state index < -0.39 is 0 Å². The predicted octanol–water partition coefficient (Wildman–Crippen LogP) is 3.87. The van der Waals surface area contributed by atoms with Crippen molar-refractivity contribution in [2.45, 2.75) is 13.0 Å². The third kappa shape index (κ3) is 2.87. The molecule has 2 aromatic heterocycles. The molecule has 1 unspecified atom stereocenters. The van der Waals surface area contributed by atoms with Crippen molar-refractivity contribution in [1.29, 1.82) is 0 Å². The lowest BCUT2D eigenvalue weighted by molar-refractivity contribution is 0.199. The topological polar surface area (TPSA) is 23.8 Å². The molecule has 4 rings (SSSR count). The molecule has 3 heterocycles. The summed E-state index contributed by atoms with van der Waals surface area (Å²) in [5.41, 5.74) is 3.75. The fourth-order valence-corrected chi connectivity index (χ4v) is 3.62. The van der Waals surface area contributed by atoms with Crippen LogP contribution in [0.3, 0.4) is 0 Å². The Bertz CT molecular complexity index is 819. The molecule has 1 saturated heterocycles. The molecule has 0 N–H and O–H groups in total. The van der Waals surface area contributed by atoms with E-state index in [0.717, 1.165) is 31.2 Å². The van der Waals surface area contributed by atoms with Crippen molar-refractivity contribution >= 4 is 22.8 Å². The largest absolute Gasteiger partial charge is 0.369 e. The lowest BCUT2D eigenvalue weighted by Gasteiger charge is -2.39. The van der Waals surface area contributed by atoms with Crippen LogP contribution in [0.5, 0.6) is 0 Å². The summed E-state index contributed by atoms with van der Waals surface area (Å²) >= 11 is 5.99. The van der Waals surface area contributed by atoms with Crippen molar-refractivity contribution in [2.75, 3.05) is 31.1 Å². The highest BCUT2D eigenvalue weighted by molar-refractivity contribution is 6.30. The fourth-order valence-electron chi connectivity index (χ4n) is 3.49. The average molecular weight is 341 g/mol. The minimum atomic E-state index is 0.372. The van der Waals surface area contributed by atoms with E-state index in [-0.39, 0.29) is 0 Å². The number of aromatic nitrogens is 2. The molecular formula is C19H21ClN4. The van der Waals surface area contributed by atoms with Gasteiger partial charge in [-0.3, -0.25) is 4.90 Å². The Labute approximate surface area is 147 Å². The molecule has 0 spiro atoms. The van der Waals surface area contributed by atoms with Gasteiger partial charge in [0.05, 0.1) is 11.7 Å². The SMILES string of the molecule is CC(c1cnn2ccccc12)N1CCN(c2ccc(Cl)cc2)CC1. The summed E-state index contributed by atoms with van der Waals surface area (Å²) in [7, 11) is 0. The van der Waals surface area contributed by atoms with Crippen LogP contribution < -0.4 is 4.90 Å². The van der Waals surface area contributed by atoms with Gasteiger partial charge >= 0.3 is 0 Å². The summed E-state index contributed by atoms with van der Waals surface area (Å²) in [6.07, 6.45) is 4.01. The van der Waals surface area contributed by atoms with Gasteiger partial charge < -0.3 is 4.90 Å². The molecule has 24 heavy (non-hydrogen) atoms. The van der Waals surface area contributed by atoms with Crippen LogP contribution in [0.1, 0.15) is 18.5 Å². The van der Waals surface area contributed by atoms with Gasteiger partial charge in [0.15, 0.2) is 0 Å². The molecule has 0 aliphatic carbocycles. The minimum Gasteiger partial charge on any atom is -0.369 e. The second-order valence-electron chi connectivity index (χ2n) is 6.31. The quantitative estimate of drug-likeness (QED) is 0.723. The van der Waals surface area contributed by atoms with Crippen molar-refractivity contribution in [1.82, 2.24) is 14.5 Å². The maximum absolute atomic E-state index is 5.99. The monoisotopic (exact) mass is 340 g/mol. The molecular weight excluding hydrogens is 320 g/mol. The summed E-state index contributed by atoms with van der Waals surface area (Å²) in [5.74, 6) is 0. The minimum absolute atomic E-state index is 0.372. The highest BCUT2D eigenvalue weighted by Crippen LogP contribution is 2.27. The number of anilines is 1. The summed E-state index contributed by atoms with van der Waals surface area (Å²) in [4.78, 5) is 4.96. The first-order valence-electron chi connectivity index (χ1n) is 8.39. The third-order valence-electron chi connectivity index (χ3n) is 4.96. The summed E-state index contributed by atoms with van der Waals surface area (Å²) in [6, 6.07) is 14.7. The molecule has 3 aromatic rings. The average Bonchev–Trinajstić information content (AvgIpc) is 3.06. The summed E-state index contributed by atoms with van der Waals surface area (Å²) in [5, 5.41) is 5.26. The summed E-state index contributed by atoms with van der Waals surface area (Å²) in [6.45, 7) is 6.44. The Kier molecular flexibility index (Phi) is 4.17.